The number of hydrogen-bond donors (Lipinski definition) is 0. The van der Waals surface area contributed by atoms with Crippen LogP contribution in [-0.4, -0.2) is 62.3 Å². The van der Waals surface area contributed by atoms with Gasteiger partial charge >= 0.3 is 0 Å². The van der Waals surface area contributed by atoms with Crippen LogP contribution in [0.15, 0.2) is 33.4 Å². The molecule has 0 N–H and O–H groups in total. The molecule has 10 heteroatoms. The molecule has 2 aromatic heterocycles. The number of anilines is 1. The smallest absolute Gasteiger partial charge is 0.295 e. The van der Waals surface area contributed by atoms with Gasteiger partial charge in [-0.3, -0.25) is 14.6 Å². The van der Waals surface area contributed by atoms with Gasteiger partial charge in [-0.2, -0.15) is 0 Å². The lowest BCUT2D eigenvalue weighted by atomic mass is 10.2. The van der Waals surface area contributed by atoms with Crippen LogP contribution in [0.1, 0.15) is 22.5 Å². The number of morpholine rings is 1. The third kappa shape index (κ3) is 5.40. The normalized spacial score (nSPS) is 14.4. The molecule has 0 atom stereocenters. The molecule has 3 aromatic rings. The van der Waals surface area contributed by atoms with Crippen molar-refractivity contribution in [3.63, 3.8) is 0 Å². The molecule has 168 valence electrons. The number of carbonyl (C=O) groups is 1. The van der Waals surface area contributed by atoms with Crippen molar-refractivity contribution in [1.82, 2.24) is 9.88 Å². The largest absolute Gasteiger partial charge is 0.494 e. The number of furan rings is 1. The molecule has 0 spiro atoms. The highest BCUT2D eigenvalue weighted by Crippen LogP contribution is 2.37. The number of aryl methyl sites for hydroxylation is 1. The standard InChI is InChI=1S/C21H24BrN3O4S.ClH/c1-14-4-5-15(27-2)18-19(14)30-21(23-18)25(20(26)16-6-7-17(22)29-16)9-3-8-24-10-12-28-13-11-24;/h4-7H,3,8-13H2,1-2H3;1H. The number of thiazole rings is 1. The molecule has 31 heavy (non-hydrogen) atoms. The van der Waals surface area contributed by atoms with Crippen LogP contribution >= 0.6 is 39.7 Å². The Morgan fingerprint density at radius 2 is 2.06 bits per heavy atom. The van der Waals surface area contributed by atoms with Crippen molar-refractivity contribution in [3.05, 3.63) is 40.3 Å². The van der Waals surface area contributed by atoms with Gasteiger partial charge in [0.1, 0.15) is 11.3 Å². The van der Waals surface area contributed by atoms with E-state index in [1.165, 1.54) is 11.3 Å². The quantitative estimate of drug-likeness (QED) is 0.439. The lowest BCUT2D eigenvalue weighted by Gasteiger charge is -2.27. The van der Waals surface area contributed by atoms with Crippen molar-refractivity contribution in [3.8, 4) is 5.75 Å². The van der Waals surface area contributed by atoms with Crippen molar-refractivity contribution in [2.24, 2.45) is 0 Å². The summed E-state index contributed by atoms with van der Waals surface area (Å²) in [6.07, 6.45) is 0.833. The summed E-state index contributed by atoms with van der Waals surface area (Å²) in [6.45, 7) is 6.88. The number of hydrogen-bond acceptors (Lipinski definition) is 7. The lowest BCUT2D eigenvalue weighted by Crippen LogP contribution is -2.39. The van der Waals surface area contributed by atoms with Gasteiger partial charge in [0, 0.05) is 26.2 Å². The second-order valence-corrected chi connectivity index (χ2v) is 8.89. The molecule has 1 amide bonds. The number of aromatic nitrogens is 1. The lowest BCUT2D eigenvalue weighted by molar-refractivity contribution is 0.0376. The molecule has 1 aromatic carbocycles. The Labute approximate surface area is 199 Å². The van der Waals surface area contributed by atoms with E-state index in [1.807, 2.05) is 19.1 Å². The molecule has 0 aliphatic carbocycles. The van der Waals surface area contributed by atoms with Crippen LogP contribution in [0.3, 0.4) is 0 Å². The number of rotatable bonds is 7. The predicted octanol–water partition coefficient (Wildman–Crippen LogP) is 4.76. The van der Waals surface area contributed by atoms with Gasteiger partial charge in [-0.15, -0.1) is 12.4 Å². The van der Waals surface area contributed by atoms with E-state index in [9.17, 15) is 4.79 Å². The summed E-state index contributed by atoms with van der Waals surface area (Å²) in [4.78, 5) is 22.1. The summed E-state index contributed by atoms with van der Waals surface area (Å²) >= 11 is 4.79. The predicted molar refractivity (Wildman–Crippen MR) is 128 cm³/mol. The second kappa shape index (κ2) is 10.8. The molecule has 1 saturated heterocycles. The third-order valence-corrected chi connectivity index (χ3v) is 6.77. The topological polar surface area (TPSA) is 68.0 Å². The van der Waals surface area contributed by atoms with Crippen molar-refractivity contribution >= 4 is 60.9 Å². The monoisotopic (exact) mass is 529 g/mol. The van der Waals surface area contributed by atoms with Crippen LogP contribution in [0.4, 0.5) is 5.13 Å². The van der Waals surface area contributed by atoms with Crippen molar-refractivity contribution in [2.75, 3.05) is 51.4 Å². The SMILES string of the molecule is COc1ccc(C)c2sc(N(CCCN3CCOCC3)C(=O)c3ccc(Br)o3)nc12.Cl. The summed E-state index contributed by atoms with van der Waals surface area (Å²) < 4.78 is 18.0. The van der Waals surface area contributed by atoms with Crippen LogP contribution in [0.5, 0.6) is 5.75 Å². The first-order valence-corrected chi connectivity index (χ1v) is 11.5. The Morgan fingerprint density at radius 1 is 1.29 bits per heavy atom. The molecule has 7 nitrogen and oxygen atoms in total. The Hall–Kier alpha value is -1.65. The molecule has 4 rings (SSSR count). The molecule has 3 heterocycles. The zero-order valence-electron chi connectivity index (χ0n) is 17.4. The van der Waals surface area contributed by atoms with Crippen LogP contribution in [0, 0.1) is 6.92 Å². The van der Waals surface area contributed by atoms with Gasteiger partial charge in [0.15, 0.2) is 15.6 Å². The number of methoxy groups -OCH3 is 1. The zero-order valence-corrected chi connectivity index (χ0v) is 20.6. The number of halogens is 2. The van der Waals surface area contributed by atoms with Gasteiger partial charge in [0.2, 0.25) is 0 Å². The minimum Gasteiger partial charge on any atom is -0.494 e. The average Bonchev–Trinajstić information content (AvgIpc) is 3.39. The van der Waals surface area contributed by atoms with E-state index in [4.69, 9.17) is 18.9 Å². The Kier molecular flexibility index (Phi) is 8.35. The van der Waals surface area contributed by atoms with Crippen LogP contribution in [0.25, 0.3) is 10.2 Å². The van der Waals surface area contributed by atoms with E-state index in [-0.39, 0.29) is 24.1 Å². The first-order chi connectivity index (χ1) is 14.6. The fraction of sp³-hybridized carbons (Fsp3) is 0.429. The average molecular weight is 531 g/mol. The molecular weight excluding hydrogens is 506 g/mol. The number of carbonyl (C=O) groups excluding carboxylic acids is 1. The van der Waals surface area contributed by atoms with Gasteiger partial charge < -0.3 is 13.9 Å². The van der Waals surface area contributed by atoms with E-state index < -0.39 is 0 Å². The molecule has 1 fully saturated rings. The van der Waals surface area contributed by atoms with Crippen LogP contribution < -0.4 is 9.64 Å². The number of ether oxygens (including phenoxy) is 2. The van der Waals surface area contributed by atoms with Gasteiger partial charge in [-0.1, -0.05) is 17.4 Å². The Morgan fingerprint density at radius 3 is 2.74 bits per heavy atom. The van der Waals surface area contributed by atoms with Gasteiger partial charge in [-0.25, -0.2) is 4.98 Å². The molecule has 0 saturated carbocycles. The van der Waals surface area contributed by atoms with E-state index >= 15 is 0 Å². The summed E-state index contributed by atoms with van der Waals surface area (Å²) in [5.41, 5.74) is 1.89. The summed E-state index contributed by atoms with van der Waals surface area (Å²) in [7, 11) is 1.63. The second-order valence-electron chi connectivity index (χ2n) is 7.13. The summed E-state index contributed by atoms with van der Waals surface area (Å²) in [5.74, 6) is 0.800. The highest BCUT2D eigenvalue weighted by atomic mass is 79.9. The fourth-order valence-electron chi connectivity index (χ4n) is 3.50. The highest BCUT2D eigenvalue weighted by Gasteiger charge is 2.25. The summed E-state index contributed by atoms with van der Waals surface area (Å²) in [6, 6.07) is 7.33. The zero-order chi connectivity index (χ0) is 21.1. The molecule has 0 unspecified atom stereocenters. The number of benzene rings is 1. The van der Waals surface area contributed by atoms with Crippen molar-refractivity contribution in [1.29, 1.82) is 0 Å². The van der Waals surface area contributed by atoms with Crippen LogP contribution in [-0.2, 0) is 4.74 Å². The highest BCUT2D eigenvalue weighted by molar-refractivity contribution is 9.10. The fourth-order valence-corrected chi connectivity index (χ4v) is 4.88. The van der Waals surface area contributed by atoms with Crippen molar-refractivity contribution in [2.45, 2.75) is 13.3 Å². The third-order valence-electron chi connectivity index (χ3n) is 5.13. The molecule has 0 radical (unpaired) electrons. The maximum Gasteiger partial charge on any atom is 0.295 e. The maximum atomic E-state index is 13.3. The number of amides is 1. The number of nitrogens with zero attached hydrogens (tertiary/aromatic N) is 3. The minimum atomic E-state index is -0.196. The van der Waals surface area contributed by atoms with E-state index in [0.29, 0.717) is 22.1 Å². The Bertz CT molecular complexity index is 1030. The molecule has 0 bridgehead atoms. The molecular formula is C21H25BrClN3O4S. The van der Waals surface area contributed by atoms with Gasteiger partial charge in [-0.05, 0) is 53.0 Å². The first kappa shape index (κ1) is 24.0. The van der Waals surface area contributed by atoms with E-state index in [2.05, 4.69) is 20.8 Å². The minimum absolute atomic E-state index is 0. The van der Waals surface area contributed by atoms with Gasteiger partial charge in [0.05, 0.1) is 25.0 Å². The van der Waals surface area contributed by atoms with E-state index in [0.717, 1.165) is 55.0 Å². The molecule has 1 aliphatic rings. The van der Waals surface area contributed by atoms with Crippen molar-refractivity contribution < 1.29 is 18.7 Å². The van der Waals surface area contributed by atoms with E-state index in [1.54, 1.807) is 24.1 Å². The first-order valence-electron chi connectivity index (χ1n) is 9.88. The van der Waals surface area contributed by atoms with Gasteiger partial charge in [0.25, 0.3) is 5.91 Å². The maximum absolute atomic E-state index is 13.3. The van der Waals surface area contributed by atoms with Crippen LogP contribution in [0.2, 0.25) is 0 Å². The molecule has 1 aliphatic heterocycles. The Balaban J connectivity index is 0.00000272. The number of fused-ring (bicyclic) bond motifs is 1. The summed E-state index contributed by atoms with van der Waals surface area (Å²) in [5, 5.41) is 0.650.